The van der Waals surface area contributed by atoms with Gasteiger partial charge in [-0.3, -0.25) is 14.5 Å². The van der Waals surface area contributed by atoms with Gasteiger partial charge in [0.1, 0.15) is 18.1 Å². The van der Waals surface area contributed by atoms with Gasteiger partial charge in [0.15, 0.2) is 5.82 Å². The molecule has 3 aromatic heterocycles. The number of rotatable bonds is 4. The van der Waals surface area contributed by atoms with Crippen molar-refractivity contribution < 1.29 is 23.1 Å². The van der Waals surface area contributed by atoms with Gasteiger partial charge in [-0.15, -0.1) is 0 Å². The van der Waals surface area contributed by atoms with Crippen molar-refractivity contribution in [3.05, 3.63) is 42.4 Å². The van der Waals surface area contributed by atoms with Crippen LogP contribution in [-0.2, 0) is 6.54 Å². The van der Waals surface area contributed by atoms with Crippen molar-refractivity contribution in [2.45, 2.75) is 31.7 Å². The van der Waals surface area contributed by atoms with Crippen LogP contribution in [0, 0.1) is 0 Å². The Hall–Kier alpha value is -3.21. The van der Waals surface area contributed by atoms with Crippen LogP contribution >= 0.6 is 0 Å². The van der Waals surface area contributed by atoms with E-state index in [2.05, 4.69) is 20.4 Å². The lowest BCUT2D eigenvalue weighted by molar-refractivity contribution is -0.141. The van der Waals surface area contributed by atoms with E-state index in [-0.39, 0.29) is 22.9 Å². The van der Waals surface area contributed by atoms with Crippen LogP contribution < -0.4 is 5.32 Å². The number of pyridine rings is 2. The highest BCUT2D eigenvalue weighted by Crippen LogP contribution is 2.28. The average molecular weight is 420 g/mol. The highest BCUT2D eigenvalue weighted by molar-refractivity contribution is 5.98. The van der Waals surface area contributed by atoms with Gasteiger partial charge in [0.05, 0.1) is 17.0 Å². The first kappa shape index (κ1) is 20.1. The number of halogens is 3. The molecule has 4 rings (SSSR count). The molecule has 30 heavy (non-hydrogen) atoms. The lowest BCUT2D eigenvalue weighted by Gasteiger charge is -2.29. The van der Waals surface area contributed by atoms with Crippen LogP contribution in [0.15, 0.2) is 36.7 Å². The van der Waals surface area contributed by atoms with Gasteiger partial charge in [0.2, 0.25) is 0 Å². The van der Waals surface area contributed by atoms with Crippen LogP contribution in [0.2, 0.25) is 0 Å². The number of hydrogen-bond acceptors (Lipinski definition) is 6. The zero-order valence-electron chi connectivity index (χ0n) is 15.8. The third-order valence-electron chi connectivity index (χ3n) is 4.85. The molecular weight excluding hydrogens is 401 g/mol. The number of aliphatic hydroxyl groups is 1. The predicted molar refractivity (Wildman–Crippen MR) is 102 cm³/mol. The molecule has 8 nitrogen and oxygen atoms in total. The molecule has 0 aromatic carbocycles. The zero-order valence-corrected chi connectivity index (χ0v) is 15.8. The largest absolute Gasteiger partial charge is 0.408 e. The monoisotopic (exact) mass is 420 g/mol. The number of anilines is 2. The van der Waals surface area contributed by atoms with Crippen LogP contribution in [0.3, 0.4) is 0 Å². The second kappa shape index (κ2) is 7.90. The third-order valence-corrected chi connectivity index (χ3v) is 4.85. The summed E-state index contributed by atoms with van der Waals surface area (Å²) < 4.78 is 40.1. The number of aliphatic hydroxyl groups excluding tert-OH is 1. The van der Waals surface area contributed by atoms with E-state index >= 15 is 0 Å². The first-order valence-corrected chi connectivity index (χ1v) is 9.39. The molecule has 1 aliphatic rings. The van der Waals surface area contributed by atoms with Crippen molar-refractivity contribution >= 4 is 28.4 Å². The molecular formula is C19H19F3N6O2. The van der Waals surface area contributed by atoms with Crippen molar-refractivity contribution in [2.24, 2.45) is 0 Å². The van der Waals surface area contributed by atoms with Crippen molar-refractivity contribution in [1.29, 1.82) is 0 Å². The summed E-state index contributed by atoms with van der Waals surface area (Å²) in [6.07, 6.45) is -1.14. The SMILES string of the molecule is O=C(c1cc2c(cn1)c(Nc1ccccn1)nn2CC(F)(F)F)N1CCC(O)CC1. The van der Waals surface area contributed by atoms with Crippen LogP contribution in [0.4, 0.5) is 24.8 Å². The lowest BCUT2D eigenvalue weighted by atomic mass is 10.1. The molecule has 0 unspecified atom stereocenters. The molecule has 0 radical (unpaired) electrons. The maximum absolute atomic E-state index is 13.1. The number of nitrogens with zero attached hydrogens (tertiary/aromatic N) is 5. The Kier molecular flexibility index (Phi) is 5.29. The Labute approximate surface area is 169 Å². The molecule has 1 fully saturated rings. The maximum atomic E-state index is 13.1. The molecule has 1 amide bonds. The number of amides is 1. The minimum Gasteiger partial charge on any atom is -0.393 e. The number of carbonyl (C=O) groups is 1. The maximum Gasteiger partial charge on any atom is 0.408 e. The number of piperidine rings is 1. The summed E-state index contributed by atoms with van der Waals surface area (Å²) in [7, 11) is 0. The Morgan fingerprint density at radius 1 is 1.23 bits per heavy atom. The Balaban J connectivity index is 1.70. The number of alkyl halides is 3. The number of fused-ring (bicyclic) bond motifs is 1. The summed E-state index contributed by atoms with van der Waals surface area (Å²) in [5.74, 6) is 0.200. The second-order valence-corrected chi connectivity index (χ2v) is 7.07. The molecule has 0 aliphatic carbocycles. The zero-order chi connectivity index (χ0) is 21.3. The van der Waals surface area contributed by atoms with Gasteiger partial charge in [-0.2, -0.15) is 18.3 Å². The van der Waals surface area contributed by atoms with Crippen molar-refractivity contribution in [3.8, 4) is 0 Å². The van der Waals surface area contributed by atoms with Crippen molar-refractivity contribution in [2.75, 3.05) is 18.4 Å². The van der Waals surface area contributed by atoms with Gasteiger partial charge in [-0.1, -0.05) is 6.07 Å². The minimum absolute atomic E-state index is 0.0339. The fourth-order valence-electron chi connectivity index (χ4n) is 3.36. The molecule has 0 saturated carbocycles. The number of carbonyl (C=O) groups excluding carboxylic acids is 1. The molecule has 3 aromatic rings. The van der Waals surface area contributed by atoms with Crippen LogP contribution in [-0.4, -0.2) is 61.0 Å². The van der Waals surface area contributed by atoms with Crippen LogP contribution in [0.1, 0.15) is 23.3 Å². The molecule has 1 saturated heterocycles. The smallest absolute Gasteiger partial charge is 0.393 e. The van der Waals surface area contributed by atoms with E-state index < -0.39 is 18.8 Å². The van der Waals surface area contributed by atoms with E-state index in [4.69, 9.17) is 0 Å². The fourth-order valence-corrected chi connectivity index (χ4v) is 3.36. The van der Waals surface area contributed by atoms with Crippen molar-refractivity contribution in [1.82, 2.24) is 24.6 Å². The summed E-state index contributed by atoms with van der Waals surface area (Å²) >= 11 is 0. The average Bonchev–Trinajstić information content (AvgIpc) is 3.03. The molecule has 4 heterocycles. The normalized spacial score (nSPS) is 15.5. The van der Waals surface area contributed by atoms with E-state index in [1.807, 2.05) is 0 Å². The van der Waals surface area contributed by atoms with Gasteiger partial charge in [-0.05, 0) is 31.0 Å². The van der Waals surface area contributed by atoms with E-state index in [1.54, 1.807) is 29.3 Å². The second-order valence-electron chi connectivity index (χ2n) is 7.07. The number of likely N-dealkylation sites (tertiary alicyclic amines) is 1. The molecule has 11 heteroatoms. The minimum atomic E-state index is -4.49. The Morgan fingerprint density at radius 3 is 2.67 bits per heavy atom. The molecule has 0 bridgehead atoms. The predicted octanol–water partition coefficient (Wildman–Crippen LogP) is 2.73. The highest BCUT2D eigenvalue weighted by Gasteiger charge is 2.31. The molecule has 0 spiro atoms. The topological polar surface area (TPSA) is 96.2 Å². The Bertz CT molecular complexity index is 1050. The molecule has 2 N–H and O–H groups in total. The number of nitrogens with one attached hydrogen (secondary N) is 1. The Morgan fingerprint density at radius 2 is 2.00 bits per heavy atom. The molecule has 0 atom stereocenters. The van der Waals surface area contributed by atoms with E-state index in [0.717, 1.165) is 4.68 Å². The van der Waals surface area contributed by atoms with E-state index in [0.29, 0.717) is 37.1 Å². The number of hydrogen-bond donors (Lipinski definition) is 2. The van der Waals surface area contributed by atoms with Crippen molar-refractivity contribution in [3.63, 3.8) is 0 Å². The summed E-state index contributed by atoms with van der Waals surface area (Å²) in [6.45, 7) is -0.566. The van der Waals surface area contributed by atoms with Crippen LogP contribution in [0.5, 0.6) is 0 Å². The standard InChI is InChI=1S/C19H19F3N6O2/c20-19(21,22)11-28-15-9-14(18(30)27-7-4-12(29)5-8-27)24-10-13(15)17(26-28)25-16-3-1-2-6-23-16/h1-3,6,9-10,12,29H,4-5,7-8,11H2,(H,23,25,26). The van der Waals surface area contributed by atoms with Gasteiger partial charge in [-0.25, -0.2) is 4.98 Å². The molecule has 1 aliphatic heterocycles. The van der Waals surface area contributed by atoms with E-state index in [9.17, 15) is 23.1 Å². The molecule has 158 valence electrons. The first-order chi connectivity index (χ1) is 14.3. The summed E-state index contributed by atoms with van der Waals surface area (Å²) in [5, 5.41) is 16.9. The lowest BCUT2D eigenvalue weighted by Crippen LogP contribution is -2.40. The van der Waals surface area contributed by atoms with Crippen LogP contribution in [0.25, 0.3) is 10.9 Å². The highest BCUT2D eigenvalue weighted by atomic mass is 19.4. The number of aromatic nitrogens is 4. The fraction of sp³-hybridized carbons (Fsp3) is 0.368. The third kappa shape index (κ3) is 4.35. The van der Waals surface area contributed by atoms with Gasteiger partial charge in [0, 0.05) is 25.5 Å². The van der Waals surface area contributed by atoms with E-state index in [1.165, 1.54) is 12.3 Å². The summed E-state index contributed by atoms with van der Waals surface area (Å²) in [6, 6.07) is 6.43. The first-order valence-electron chi connectivity index (χ1n) is 9.39. The van der Waals surface area contributed by atoms with Gasteiger partial charge in [0.25, 0.3) is 5.91 Å². The van der Waals surface area contributed by atoms with Gasteiger partial charge >= 0.3 is 6.18 Å². The summed E-state index contributed by atoms with van der Waals surface area (Å²) in [5.41, 5.74) is 0.174. The summed E-state index contributed by atoms with van der Waals surface area (Å²) in [4.78, 5) is 22.5. The van der Waals surface area contributed by atoms with Gasteiger partial charge < -0.3 is 15.3 Å². The quantitative estimate of drug-likeness (QED) is 0.674.